The van der Waals surface area contributed by atoms with Crippen LogP contribution < -0.4 is 5.32 Å². The molecule has 1 N–H and O–H groups in total. The van der Waals surface area contributed by atoms with Gasteiger partial charge in [0.1, 0.15) is 5.82 Å². The van der Waals surface area contributed by atoms with Gasteiger partial charge in [0.2, 0.25) is 0 Å². The van der Waals surface area contributed by atoms with Crippen LogP contribution in [0.5, 0.6) is 0 Å². The van der Waals surface area contributed by atoms with Gasteiger partial charge in [0.25, 0.3) is 0 Å². The minimum Gasteiger partial charge on any atom is -0.323 e. The van der Waals surface area contributed by atoms with Gasteiger partial charge in [0.15, 0.2) is 5.82 Å². The molecule has 0 radical (unpaired) electrons. The van der Waals surface area contributed by atoms with Crippen LogP contribution >= 0.6 is 11.3 Å². The zero-order valence-corrected chi connectivity index (χ0v) is 15.6. The number of nitrogens with one attached hydrogen (secondary N) is 1. The number of nitrogens with zero attached hydrogens (tertiary/aromatic N) is 5. The quantitative estimate of drug-likeness (QED) is 0.742. The van der Waals surface area contributed by atoms with E-state index >= 15 is 0 Å². The van der Waals surface area contributed by atoms with E-state index in [1.54, 1.807) is 29.9 Å². The van der Waals surface area contributed by atoms with E-state index in [2.05, 4.69) is 30.2 Å². The highest BCUT2D eigenvalue weighted by molar-refractivity contribution is 7.09. The number of likely N-dealkylation sites (tertiary alicyclic amines) is 1. The molecule has 3 aromatic rings. The van der Waals surface area contributed by atoms with Crippen LogP contribution in [0.4, 0.5) is 11.6 Å². The monoisotopic (exact) mass is 366 g/mol. The van der Waals surface area contributed by atoms with Crippen molar-refractivity contribution in [3.05, 3.63) is 58.6 Å². The summed E-state index contributed by atoms with van der Waals surface area (Å²) in [6.45, 7) is 5.12. The smallest absolute Gasteiger partial charge is 0.153 e. The SMILES string of the molecule is Cc1cccnc1Nc1nccnc1[C@H]1CCCN(Cc2cncs2)C1. The van der Waals surface area contributed by atoms with Crippen LogP contribution in [0, 0.1) is 6.92 Å². The maximum Gasteiger partial charge on any atom is 0.153 e. The topological polar surface area (TPSA) is 66.8 Å². The molecule has 0 bridgehead atoms. The van der Waals surface area contributed by atoms with E-state index in [4.69, 9.17) is 0 Å². The maximum absolute atomic E-state index is 4.67. The van der Waals surface area contributed by atoms with Crippen molar-refractivity contribution in [1.82, 2.24) is 24.8 Å². The lowest BCUT2D eigenvalue weighted by Crippen LogP contribution is -2.34. The van der Waals surface area contributed by atoms with Crippen molar-refractivity contribution in [3.63, 3.8) is 0 Å². The molecule has 1 aliphatic rings. The first-order chi connectivity index (χ1) is 12.8. The van der Waals surface area contributed by atoms with Crippen molar-refractivity contribution in [3.8, 4) is 0 Å². The van der Waals surface area contributed by atoms with Gasteiger partial charge in [-0.25, -0.2) is 9.97 Å². The third-order valence-electron chi connectivity index (χ3n) is 4.73. The number of pyridine rings is 1. The van der Waals surface area contributed by atoms with Crippen molar-refractivity contribution in [1.29, 1.82) is 0 Å². The first-order valence-electron chi connectivity index (χ1n) is 8.89. The van der Waals surface area contributed by atoms with Crippen LogP contribution in [0.3, 0.4) is 0 Å². The summed E-state index contributed by atoms with van der Waals surface area (Å²) in [5, 5.41) is 3.39. The Balaban J connectivity index is 1.53. The molecule has 0 saturated carbocycles. The first-order valence-corrected chi connectivity index (χ1v) is 9.77. The Labute approximate surface area is 157 Å². The van der Waals surface area contributed by atoms with Crippen molar-refractivity contribution >= 4 is 23.0 Å². The Bertz CT molecular complexity index is 851. The number of anilines is 2. The van der Waals surface area contributed by atoms with Gasteiger partial charge in [-0.15, -0.1) is 11.3 Å². The Hall–Kier alpha value is -2.38. The van der Waals surface area contributed by atoms with Gasteiger partial charge in [0, 0.05) is 48.7 Å². The Morgan fingerprint density at radius 2 is 2.08 bits per heavy atom. The zero-order valence-electron chi connectivity index (χ0n) is 14.8. The number of rotatable bonds is 5. The number of hydrogen-bond donors (Lipinski definition) is 1. The molecule has 26 heavy (non-hydrogen) atoms. The molecule has 0 aromatic carbocycles. The molecule has 3 aromatic heterocycles. The zero-order chi connectivity index (χ0) is 17.8. The molecule has 1 saturated heterocycles. The molecule has 0 amide bonds. The predicted octanol–water partition coefficient (Wildman–Crippen LogP) is 3.76. The van der Waals surface area contributed by atoms with E-state index < -0.39 is 0 Å². The van der Waals surface area contributed by atoms with E-state index in [-0.39, 0.29) is 0 Å². The Kier molecular flexibility index (Phi) is 5.17. The summed E-state index contributed by atoms with van der Waals surface area (Å²) in [5.41, 5.74) is 4.03. The molecule has 0 unspecified atom stereocenters. The van der Waals surface area contributed by atoms with Crippen LogP contribution in [-0.2, 0) is 6.54 Å². The van der Waals surface area contributed by atoms with E-state index in [1.807, 2.05) is 30.8 Å². The minimum absolute atomic E-state index is 0.372. The second kappa shape index (κ2) is 7.88. The van der Waals surface area contributed by atoms with Crippen LogP contribution in [0.2, 0.25) is 0 Å². The Morgan fingerprint density at radius 3 is 2.92 bits per heavy atom. The van der Waals surface area contributed by atoms with Crippen molar-refractivity contribution < 1.29 is 0 Å². The lowest BCUT2D eigenvalue weighted by Gasteiger charge is -2.32. The average Bonchev–Trinajstić information content (AvgIpc) is 3.17. The van der Waals surface area contributed by atoms with Gasteiger partial charge < -0.3 is 5.32 Å². The van der Waals surface area contributed by atoms with Crippen LogP contribution in [0.15, 0.2) is 42.4 Å². The standard InChI is InChI=1S/C19H22N6S/c1-14-4-2-6-22-18(14)24-19-17(21-7-8-23-19)15-5-3-9-25(11-15)12-16-10-20-13-26-16/h2,4,6-8,10,13,15H,3,5,9,11-12H2,1H3,(H,22,23,24)/t15-/m0/s1. The van der Waals surface area contributed by atoms with E-state index in [0.717, 1.165) is 48.9 Å². The van der Waals surface area contributed by atoms with Gasteiger partial charge in [-0.05, 0) is 37.9 Å². The number of piperidine rings is 1. The molecule has 0 aliphatic carbocycles. The fourth-order valence-electron chi connectivity index (χ4n) is 3.44. The molecular weight excluding hydrogens is 344 g/mol. The third kappa shape index (κ3) is 3.89. The fourth-order valence-corrected chi connectivity index (χ4v) is 4.07. The van der Waals surface area contributed by atoms with Gasteiger partial charge in [-0.1, -0.05) is 6.07 Å². The molecule has 4 heterocycles. The normalized spacial score (nSPS) is 18.0. The molecule has 1 atom stereocenters. The summed E-state index contributed by atoms with van der Waals surface area (Å²) < 4.78 is 0. The lowest BCUT2D eigenvalue weighted by atomic mass is 9.94. The van der Waals surface area contributed by atoms with Gasteiger partial charge in [-0.2, -0.15) is 0 Å². The van der Waals surface area contributed by atoms with Gasteiger partial charge >= 0.3 is 0 Å². The predicted molar refractivity (Wildman–Crippen MR) is 104 cm³/mol. The average molecular weight is 366 g/mol. The van der Waals surface area contributed by atoms with Crippen LogP contribution in [-0.4, -0.2) is 37.9 Å². The first kappa shape index (κ1) is 17.1. The Morgan fingerprint density at radius 1 is 1.19 bits per heavy atom. The summed E-state index contributed by atoms with van der Waals surface area (Å²) in [6.07, 6.45) is 9.59. The van der Waals surface area contributed by atoms with Gasteiger partial charge in [0.05, 0.1) is 11.2 Å². The molecular formula is C19H22N6S. The number of aryl methyl sites for hydroxylation is 1. The molecule has 7 heteroatoms. The highest BCUT2D eigenvalue weighted by Gasteiger charge is 2.25. The van der Waals surface area contributed by atoms with E-state index in [1.165, 1.54) is 11.3 Å². The molecule has 4 rings (SSSR count). The number of aromatic nitrogens is 4. The molecule has 0 spiro atoms. The highest BCUT2D eigenvalue weighted by Crippen LogP contribution is 2.31. The van der Waals surface area contributed by atoms with Crippen molar-refractivity contribution in [2.45, 2.75) is 32.2 Å². The van der Waals surface area contributed by atoms with Crippen LogP contribution in [0.1, 0.15) is 34.9 Å². The summed E-state index contributed by atoms with van der Waals surface area (Å²) in [4.78, 5) is 21.6. The molecule has 6 nitrogen and oxygen atoms in total. The second-order valence-electron chi connectivity index (χ2n) is 6.63. The maximum atomic E-state index is 4.67. The summed E-state index contributed by atoms with van der Waals surface area (Å²) in [7, 11) is 0. The van der Waals surface area contributed by atoms with Crippen LogP contribution in [0.25, 0.3) is 0 Å². The molecule has 1 aliphatic heterocycles. The number of thiazole rings is 1. The lowest BCUT2D eigenvalue weighted by molar-refractivity contribution is 0.200. The molecule has 134 valence electrons. The van der Waals surface area contributed by atoms with Crippen molar-refractivity contribution in [2.24, 2.45) is 0 Å². The second-order valence-corrected chi connectivity index (χ2v) is 7.60. The summed E-state index contributed by atoms with van der Waals surface area (Å²) >= 11 is 1.72. The number of hydrogen-bond acceptors (Lipinski definition) is 7. The highest BCUT2D eigenvalue weighted by atomic mass is 32.1. The minimum atomic E-state index is 0.372. The third-order valence-corrected chi connectivity index (χ3v) is 5.49. The molecule has 1 fully saturated rings. The van der Waals surface area contributed by atoms with Gasteiger partial charge in [-0.3, -0.25) is 14.9 Å². The fraction of sp³-hybridized carbons (Fsp3) is 0.368. The van der Waals surface area contributed by atoms with E-state index in [9.17, 15) is 0 Å². The summed E-state index contributed by atoms with van der Waals surface area (Å²) in [6, 6.07) is 3.99. The van der Waals surface area contributed by atoms with Crippen molar-refractivity contribution in [2.75, 3.05) is 18.4 Å². The summed E-state index contributed by atoms with van der Waals surface area (Å²) in [5.74, 6) is 2.03. The van der Waals surface area contributed by atoms with E-state index in [0.29, 0.717) is 5.92 Å². The largest absolute Gasteiger partial charge is 0.323 e.